The Hall–Kier alpha value is -1.75. The highest BCUT2D eigenvalue weighted by Gasteiger charge is 2.18. The molecular weight excluding hydrogens is 240 g/mol. The molecule has 2 rings (SSSR count). The van der Waals surface area contributed by atoms with Gasteiger partial charge in [0.15, 0.2) is 0 Å². The number of aliphatic hydroxyl groups excluding tert-OH is 1. The Morgan fingerprint density at radius 2 is 2.11 bits per heavy atom. The number of nitrogens with zero attached hydrogens (tertiary/aromatic N) is 2. The number of hydrogen-bond acceptors (Lipinski definition) is 4. The van der Waals surface area contributed by atoms with E-state index in [4.69, 9.17) is 5.73 Å². The molecule has 0 fully saturated rings. The SMILES string of the molecule is CCC(CC)N(CCO)c1cc2[nH]ncc2cc1N. The summed E-state index contributed by atoms with van der Waals surface area (Å²) >= 11 is 0. The van der Waals surface area contributed by atoms with E-state index in [0.29, 0.717) is 12.6 Å². The van der Waals surface area contributed by atoms with E-state index in [0.717, 1.165) is 35.1 Å². The maximum atomic E-state index is 9.30. The highest BCUT2D eigenvalue weighted by Crippen LogP contribution is 2.30. The van der Waals surface area contributed by atoms with Crippen molar-refractivity contribution in [3.8, 4) is 0 Å². The van der Waals surface area contributed by atoms with Crippen LogP contribution in [0.5, 0.6) is 0 Å². The van der Waals surface area contributed by atoms with E-state index in [1.807, 2.05) is 12.1 Å². The van der Waals surface area contributed by atoms with Gasteiger partial charge in [0.25, 0.3) is 0 Å². The van der Waals surface area contributed by atoms with Crippen LogP contribution in [0.4, 0.5) is 11.4 Å². The number of nitrogens with one attached hydrogen (secondary N) is 1. The third-order valence-corrected chi connectivity index (χ3v) is 3.62. The number of hydrogen-bond donors (Lipinski definition) is 3. The molecule has 5 nitrogen and oxygen atoms in total. The summed E-state index contributed by atoms with van der Waals surface area (Å²) in [6.07, 6.45) is 3.82. The molecule has 0 aliphatic heterocycles. The van der Waals surface area contributed by atoms with Gasteiger partial charge in [-0.15, -0.1) is 0 Å². The summed E-state index contributed by atoms with van der Waals surface area (Å²) in [5.41, 5.74) is 8.83. The Balaban J connectivity index is 2.44. The molecule has 0 amide bonds. The van der Waals surface area contributed by atoms with Gasteiger partial charge in [-0.3, -0.25) is 5.10 Å². The highest BCUT2D eigenvalue weighted by atomic mass is 16.3. The summed E-state index contributed by atoms with van der Waals surface area (Å²) < 4.78 is 0. The second-order valence-electron chi connectivity index (χ2n) is 4.76. The molecule has 0 atom stereocenters. The molecule has 0 aliphatic carbocycles. The lowest BCUT2D eigenvalue weighted by Gasteiger charge is -2.33. The van der Waals surface area contributed by atoms with Gasteiger partial charge in [0.1, 0.15) is 0 Å². The minimum Gasteiger partial charge on any atom is -0.397 e. The van der Waals surface area contributed by atoms with Crippen LogP contribution < -0.4 is 10.6 Å². The van der Waals surface area contributed by atoms with Gasteiger partial charge < -0.3 is 15.7 Å². The van der Waals surface area contributed by atoms with Crippen molar-refractivity contribution >= 4 is 22.3 Å². The lowest BCUT2D eigenvalue weighted by atomic mass is 10.1. The van der Waals surface area contributed by atoms with Crippen LogP contribution in [0.15, 0.2) is 18.3 Å². The van der Waals surface area contributed by atoms with Crippen LogP contribution >= 0.6 is 0 Å². The molecule has 19 heavy (non-hydrogen) atoms. The first-order chi connectivity index (χ1) is 9.21. The summed E-state index contributed by atoms with van der Waals surface area (Å²) in [5, 5.41) is 17.3. The Bertz CT molecular complexity index is 533. The Morgan fingerprint density at radius 3 is 2.74 bits per heavy atom. The fourth-order valence-corrected chi connectivity index (χ4v) is 2.58. The molecule has 0 saturated heterocycles. The predicted octanol–water partition coefficient (Wildman–Crippen LogP) is 2.13. The monoisotopic (exact) mass is 262 g/mol. The zero-order valence-corrected chi connectivity index (χ0v) is 11.6. The number of H-pyrrole nitrogens is 1. The van der Waals surface area contributed by atoms with E-state index in [1.165, 1.54) is 0 Å². The van der Waals surface area contributed by atoms with Gasteiger partial charge in [-0.2, -0.15) is 5.10 Å². The number of aliphatic hydroxyl groups is 1. The maximum Gasteiger partial charge on any atom is 0.0672 e. The van der Waals surface area contributed by atoms with Crippen molar-refractivity contribution in [3.05, 3.63) is 18.3 Å². The molecule has 0 spiro atoms. The molecule has 0 saturated carbocycles. The third-order valence-electron chi connectivity index (χ3n) is 3.62. The van der Waals surface area contributed by atoms with Gasteiger partial charge >= 0.3 is 0 Å². The standard InChI is InChI=1S/C14H22N4O/c1-3-11(4-2)18(5-6-19)14-8-13-10(7-12(14)15)9-16-17-13/h7-9,11,19H,3-6,15H2,1-2H3,(H,16,17). The molecule has 1 heterocycles. The van der Waals surface area contributed by atoms with E-state index in [9.17, 15) is 5.11 Å². The summed E-state index contributed by atoms with van der Waals surface area (Å²) in [6.45, 7) is 5.03. The average molecular weight is 262 g/mol. The van der Waals surface area contributed by atoms with Crippen molar-refractivity contribution in [1.82, 2.24) is 10.2 Å². The van der Waals surface area contributed by atoms with Crippen LogP contribution in [0.2, 0.25) is 0 Å². The Labute approximate surface area is 113 Å². The van der Waals surface area contributed by atoms with Crippen LogP contribution in [0.25, 0.3) is 10.9 Å². The normalized spacial score (nSPS) is 11.4. The topological polar surface area (TPSA) is 78.2 Å². The molecule has 2 aromatic rings. The fraction of sp³-hybridized carbons (Fsp3) is 0.500. The number of aromatic nitrogens is 2. The van der Waals surface area contributed by atoms with Crippen molar-refractivity contribution in [2.24, 2.45) is 0 Å². The second kappa shape index (κ2) is 5.93. The molecule has 0 radical (unpaired) electrons. The minimum atomic E-state index is 0.122. The van der Waals surface area contributed by atoms with Gasteiger partial charge in [-0.25, -0.2) is 0 Å². The lowest BCUT2D eigenvalue weighted by molar-refractivity contribution is 0.296. The van der Waals surface area contributed by atoms with Crippen LogP contribution in [0, 0.1) is 0 Å². The first kappa shape index (κ1) is 13.7. The van der Waals surface area contributed by atoms with Gasteiger partial charge in [0, 0.05) is 18.0 Å². The zero-order chi connectivity index (χ0) is 13.8. The van der Waals surface area contributed by atoms with Gasteiger partial charge in [-0.1, -0.05) is 13.8 Å². The van der Waals surface area contributed by atoms with Crippen LogP contribution in [-0.4, -0.2) is 34.5 Å². The largest absolute Gasteiger partial charge is 0.397 e. The van der Waals surface area contributed by atoms with Gasteiger partial charge in [-0.05, 0) is 25.0 Å². The van der Waals surface area contributed by atoms with E-state index in [-0.39, 0.29) is 6.61 Å². The number of benzene rings is 1. The van der Waals surface area contributed by atoms with Crippen LogP contribution in [0.3, 0.4) is 0 Å². The summed E-state index contributed by atoms with van der Waals surface area (Å²) in [4.78, 5) is 2.19. The third kappa shape index (κ3) is 2.66. The van der Waals surface area contributed by atoms with E-state index < -0.39 is 0 Å². The molecule has 0 aliphatic rings. The number of nitrogens with two attached hydrogens (primary N) is 1. The minimum absolute atomic E-state index is 0.122. The van der Waals surface area contributed by atoms with Crippen molar-refractivity contribution < 1.29 is 5.11 Å². The van der Waals surface area contributed by atoms with E-state index >= 15 is 0 Å². The molecular formula is C14H22N4O. The van der Waals surface area contributed by atoms with Crippen LogP contribution in [-0.2, 0) is 0 Å². The van der Waals surface area contributed by atoms with Crippen LogP contribution in [0.1, 0.15) is 26.7 Å². The lowest BCUT2D eigenvalue weighted by Crippen LogP contribution is -2.37. The van der Waals surface area contributed by atoms with E-state index in [2.05, 4.69) is 28.9 Å². The van der Waals surface area contributed by atoms with Crippen molar-refractivity contribution in [1.29, 1.82) is 0 Å². The number of nitrogen functional groups attached to an aromatic ring is 1. The first-order valence-corrected chi connectivity index (χ1v) is 6.81. The summed E-state index contributed by atoms with van der Waals surface area (Å²) in [5.74, 6) is 0. The van der Waals surface area contributed by atoms with Gasteiger partial charge in [0.05, 0.1) is 29.7 Å². The number of rotatable bonds is 6. The van der Waals surface area contributed by atoms with E-state index in [1.54, 1.807) is 6.20 Å². The molecule has 4 N–H and O–H groups in total. The van der Waals surface area contributed by atoms with Crippen molar-refractivity contribution in [3.63, 3.8) is 0 Å². The number of aromatic amines is 1. The second-order valence-corrected chi connectivity index (χ2v) is 4.76. The fourth-order valence-electron chi connectivity index (χ4n) is 2.58. The van der Waals surface area contributed by atoms with Gasteiger partial charge in [0.2, 0.25) is 0 Å². The smallest absolute Gasteiger partial charge is 0.0672 e. The first-order valence-electron chi connectivity index (χ1n) is 6.81. The zero-order valence-electron chi connectivity index (χ0n) is 11.6. The Kier molecular flexibility index (Phi) is 4.27. The quantitative estimate of drug-likeness (QED) is 0.697. The molecule has 1 aromatic carbocycles. The van der Waals surface area contributed by atoms with Crippen molar-refractivity contribution in [2.75, 3.05) is 23.8 Å². The molecule has 104 valence electrons. The highest BCUT2D eigenvalue weighted by molar-refractivity contribution is 5.89. The predicted molar refractivity (Wildman–Crippen MR) is 79.3 cm³/mol. The summed E-state index contributed by atoms with van der Waals surface area (Å²) in [7, 11) is 0. The van der Waals surface area contributed by atoms with Crippen molar-refractivity contribution in [2.45, 2.75) is 32.7 Å². The molecule has 0 bridgehead atoms. The number of fused-ring (bicyclic) bond motifs is 1. The average Bonchev–Trinajstić information content (AvgIpc) is 2.85. The maximum absolute atomic E-state index is 9.30. The number of anilines is 2. The molecule has 5 heteroatoms. The molecule has 1 aromatic heterocycles. The summed E-state index contributed by atoms with van der Waals surface area (Å²) in [6, 6.07) is 4.34. The Morgan fingerprint density at radius 1 is 1.37 bits per heavy atom. The molecule has 0 unspecified atom stereocenters.